The summed E-state index contributed by atoms with van der Waals surface area (Å²) in [5.41, 5.74) is 1.34. The molecule has 0 saturated heterocycles. The number of aromatic nitrogens is 3. The Morgan fingerprint density at radius 1 is 1.00 bits per heavy atom. The maximum atomic E-state index is 5.66. The molecule has 0 saturated carbocycles. The molecule has 0 bridgehead atoms. The highest BCUT2D eigenvalue weighted by molar-refractivity contribution is 6.40. The van der Waals surface area contributed by atoms with Crippen LogP contribution in [0.4, 0.5) is 0 Å². The molecule has 0 N–H and O–H groups in total. The molecule has 0 aliphatic rings. The average molecular weight is 236 g/mol. The molecule has 0 amide bonds. The highest BCUT2D eigenvalue weighted by Crippen LogP contribution is 2.19. The summed E-state index contributed by atoms with van der Waals surface area (Å²) >= 11 is 11.3. The summed E-state index contributed by atoms with van der Waals surface area (Å²) in [6.45, 7) is 0. The zero-order chi connectivity index (χ0) is 8.55. The molecule has 0 aliphatic carbocycles. The molecule has 2 aromatic rings. The number of halogens is 3. The van der Waals surface area contributed by atoms with E-state index in [9.17, 15) is 0 Å². The monoisotopic (exact) mass is 235 g/mol. The molecule has 0 aromatic carbocycles. The van der Waals surface area contributed by atoms with Gasteiger partial charge in [0.1, 0.15) is 5.52 Å². The van der Waals surface area contributed by atoms with E-state index in [0.717, 1.165) is 0 Å². The largest absolute Gasteiger partial charge is 0.262 e. The van der Waals surface area contributed by atoms with Crippen molar-refractivity contribution in [2.75, 3.05) is 0 Å². The highest BCUT2D eigenvalue weighted by atomic mass is 35.5. The van der Waals surface area contributed by atoms with E-state index in [1.54, 1.807) is 18.5 Å². The van der Waals surface area contributed by atoms with E-state index in [2.05, 4.69) is 15.0 Å². The molecule has 0 atom stereocenters. The highest BCUT2D eigenvalue weighted by Gasteiger charge is 2.02. The number of pyridine rings is 1. The Kier molecular flexibility index (Phi) is 3.25. The van der Waals surface area contributed by atoms with Gasteiger partial charge in [0.25, 0.3) is 0 Å². The third-order valence-electron chi connectivity index (χ3n) is 1.39. The summed E-state index contributed by atoms with van der Waals surface area (Å²) in [5, 5.41) is 0.424. The van der Waals surface area contributed by atoms with Crippen molar-refractivity contribution in [3.63, 3.8) is 0 Å². The van der Waals surface area contributed by atoms with Gasteiger partial charge in [0.15, 0.2) is 10.3 Å². The summed E-state index contributed by atoms with van der Waals surface area (Å²) < 4.78 is 0. The fourth-order valence-electron chi connectivity index (χ4n) is 0.863. The van der Waals surface area contributed by atoms with E-state index in [-0.39, 0.29) is 22.7 Å². The number of rotatable bonds is 0. The first-order valence-corrected chi connectivity index (χ1v) is 3.96. The Balaban J connectivity index is 0.000000845. The second kappa shape index (κ2) is 4.05. The molecule has 2 heterocycles. The van der Waals surface area contributed by atoms with Crippen LogP contribution in [0.25, 0.3) is 11.0 Å². The Morgan fingerprint density at radius 3 is 2.31 bits per heavy atom. The van der Waals surface area contributed by atoms with Gasteiger partial charge in [-0.15, -0.1) is 12.4 Å². The number of fused-ring (bicyclic) bond motifs is 1. The summed E-state index contributed by atoms with van der Waals surface area (Å²) in [6, 6.07) is 1.73. The van der Waals surface area contributed by atoms with Crippen molar-refractivity contribution in [3.8, 4) is 0 Å². The van der Waals surface area contributed by atoms with Gasteiger partial charge in [-0.25, -0.2) is 9.97 Å². The van der Waals surface area contributed by atoms with Crippen LogP contribution in [-0.4, -0.2) is 15.0 Å². The van der Waals surface area contributed by atoms with Crippen molar-refractivity contribution in [3.05, 3.63) is 28.8 Å². The molecule has 68 valence electrons. The second-order valence-corrected chi connectivity index (χ2v) is 2.89. The third kappa shape index (κ3) is 1.99. The van der Waals surface area contributed by atoms with E-state index in [1.165, 1.54) is 0 Å². The summed E-state index contributed by atoms with van der Waals surface area (Å²) in [7, 11) is 0. The number of hydrogen-bond donors (Lipinski definition) is 0. The summed E-state index contributed by atoms with van der Waals surface area (Å²) in [6.07, 6.45) is 3.21. The van der Waals surface area contributed by atoms with Crippen molar-refractivity contribution in [1.82, 2.24) is 15.0 Å². The zero-order valence-corrected chi connectivity index (χ0v) is 8.57. The predicted molar refractivity (Wildman–Crippen MR) is 54.6 cm³/mol. The smallest absolute Gasteiger partial charge is 0.167 e. The van der Waals surface area contributed by atoms with Gasteiger partial charge in [-0.2, -0.15) is 0 Å². The summed E-state index contributed by atoms with van der Waals surface area (Å²) in [5.74, 6) is 0. The van der Waals surface area contributed by atoms with Crippen LogP contribution in [0, 0.1) is 0 Å². The van der Waals surface area contributed by atoms with E-state index >= 15 is 0 Å². The molecule has 2 aromatic heterocycles. The van der Waals surface area contributed by atoms with E-state index < -0.39 is 0 Å². The fourth-order valence-corrected chi connectivity index (χ4v) is 1.13. The van der Waals surface area contributed by atoms with Gasteiger partial charge in [0, 0.05) is 6.20 Å². The number of hydrogen-bond acceptors (Lipinski definition) is 3. The standard InChI is InChI=1S/C7H3Cl2N3.ClH/c8-6-7(9)12-5-3-10-2-1-4(5)11-6;/h1-3H;1H. The van der Waals surface area contributed by atoms with Gasteiger partial charge < -0.3 is 0 Å². The first-order valence-electron chi connectivity index (χ1n) is 3.20. The molecule has 3 nitrogen and oxygen atoms in total. The maximum Gasteiger partial charge on any atom is 0.167 e. The third-order valence-corrected chi connectivity index (χ3v) is 2.01. The van der Waals surface area contributed by atoms with Crippen LogP contribution in [0.3, 0.4) is 0 Å². The molecular weight excluding hydrogens is 232 g/mol. The minimum absolute atomic E-state index is 0. The Morgan fingerprint density at radius 2 is 1.62 bits per heavy atom. The Hall–Kier alpha value is -0.640. The lowest BCUT2D eigenvalue weighted by molar-refractivity contribution is 1.25. The minimum atomic E-state index is 0. The molecule has 0 aliphatic heterocycles. The molecule has 2 rings (SSSR count). The SMILES string of the molecule is Cl.Clc1nc2ccncc2nc1Cl. The normalized spacial score (nSPS) is 9.69. The van der Waals surface area contributed by atoms with Gasteiger partial charge in [-0.05, 0) is 6.07 Å². The lowest BCUT2D eigenvalue weighted by atomic mass is 10.4. The van der Waals surface area contributed by atoms with Crippen molar-refractivity contribution in [2.45, 2.75) is 0 Å². The Labute approximate surface area is 90.5 Å². The Bertz CT molecular complexity index is 392. The first kappa shape index (κ1) is 10.4. The minimum Gasteiger partial charge on any atom is -0.262 e. The lowest BCUT2D eigenvalue weighted by Gasteiger charge is -1.96. The van der Waals surface area contributed by atoms with Gasteiger partial charge in [-0.3, -0.25) is 4.98 Å². The van der Waals surface area contributed by atoms with Crippen molar-refractivity contribution in [2.24, 2.45) is 0 Å². The van der Waals surface area contributed by atoms with Gasteiger partial charge in [0.05, 0.1) is 11.7 Å². The van der Waals surface area contributed by atoms with E-state index in [4.69, 9.17) is 23.2 Å². The molecule has 6 heteroatoms. The van der Waals surface area contributed by atoms with Gasteiger partial charge in [0.2, 0.25) is 0 Å². The summed E-state index contributed by atoms with van der Waals surface area (Å²) in [4.78, 5) is 11.9. The first-order chi connectivity index (χ1) is 5.77. The van der Waals surface area contributed by atoms with Crippen molar-refractivity contribution < 1.29 is 0 Å². The number of nitrogens with zero attached hydrogens (tertiary/aromatic N) is 3. The van der Waals surface area contributed by atoms with Crippen LogP contribution in [0.2, 0.25) is 10.3 Å². The van der Waals surface area contributed by atoms with Gasteiger partial charge in [-0.1, -0.05) is 23.2 Å². The predicted octanol–water partition coefficient (Wildman–Crippen LogP) is 2.75. The second-order valence-electron chi connectivity index (χ2n) is 2.17. The van der Waals surface area contributed by atoms with Crippen molar-refractivity contribution in [1.29, 1.82) is 0 Å². The topological polar surface area (TPSA) is 38.7 Å². The van der Waals surface area contributed by atoms with Crippen LogP contribution in [0.15, 0.2) is 18.5 Å². The van der Waals surface area contributed by atoms with Gasteiger partial charge >= 0.3 is 0 Å². The molecule has 0 spiro atoms. The van der Waals surface area contributed by atoms with Crippen molar-refractivity contribution >= 4 is 46.6 Å². The quantitative estimate of drug-likeness (QED) is 0.706. The molecule has 0 radical (unpaired) electrons. The lowest BCUT2D eigenvalue weighted by Crippen LogP contribution is -1.86. The fraction of sp³-hybridized carbons (Fsp3) is 0. The average Bonchev–Trinajstić information content (AvgIpc) is 2.07. The molecule has 13 heavy (non-hydrogen) atoms. The van der Waals surface area contributed by atoms with Crippen LogP contribution >= 0.6 is 35.6 Å². The van der Waals surface area contributed by atoms with E-state index in [1.807, 2.05) is 0 Å². The molecule has 0 fully saturated rings. The van der Waals surface area contributed by atoms with Crippen LogP contribution in [-0.2, 0) is 0 Å². The van der Waals surface area contributed by atoms with E-state index in [0.29, 0.717) is 11.0 Å². The zero-order valence-electron chi connectivity index (χ0n) is 6.24. The van der Waals surface area contributed by atoms with Crippen LogP contribution < -0.4 is 0 Å². The van der Waals surface area contributed by atoms with Crippen LogP contribution in [0.5, 0.6) is 0 Å². The molecular formula is C7H4Cl3N3. The van der Waals surface area contributed by atoms with Crippen LogP contribution in [0.1, 0.15) is 0 Å². The molecule has 0 unspecified atom stereocenters. The maximum absolute atomic E-state index is 5.66.